The number of carbonyl (C=O) groups is 1. The molecule has 0 saturated heterocycles. The summed E-state index contributed by atoms with van der Waals surface area (Å²) in [7, 11) is 1.94. The molecular weight excluding hydrogens is 288 g/mol. The Morgan fingerprint density at radius 3 is 2.74 bits per heavy atom. The maximum atomic E-state index is 12.7. The Morgan fingerprint density at radius 1 is 1.26 bits per heavy atom. The Morgan fingerprint density at radius 2 is 2.00 bits per heavy atom. The molecule has 1 saturated carbocycles. The van der Waals surface area contributed by atoms with Crippen LogP contribution in [-0.4, -0.2) is 53.0 Å². The SMILES string of the molecule is CN(C(=O)Cc1cccc(O)c1)C1CCCCC1N1CC=CC1. The minimum atomic E-state index is 0.139. The number of rotatable bonds is 4. The molecule has 0 radical (unpaired) electrons. The second-order valence-corrected chi connectivity index (χ2v) is 6.70. The highest BCUT2D eigenvalue weighted by Crippen LogP contribution is 2.28. The zero-order valence-corrected chi connectivity index (χ0v) is 13.8. The zero-order chi connectivity index (χ0) is 16.2. The lowest BCUT2D eigenvalue weighted by atomic mass is 9.88. The van der Waals surface area contributed by atoms with Gasteiger partial charge in [0.05, 0.1) is 6.42 Å². The predicted octanol–water partition coefficient (Wildman–Crippen LogP) is 2.58. The van der Waals surface area contributed by atoms with Crippen LogP contribution in [0, 0.1) is 0 Å². The number of benzene rings is 1. The molecule has 1 aliphatic carbocycles. The number of hydrogen-bond donors (Lipinski definition) is 1. The molecule has 0 aromatic heterocycles. The van der Waals surface area contributed by atoms with Gasteiger partial charge in [-0.15, -0.1) is 0 Å². The molecule has 124 valence electrons. The first kappa shape index (κ1) is 16.1. The Hall–Kier alpha value is -1.81. The number of amides is 1. The fourth-order valence-corrected chi connectivity index (χ4v) is 3.89. The molecule has 1 N–H and O–H groups in total. The van der Waals surface area contributed by atoms with E-state index in [0.717, 1.165) is 25.1 Å². The van der Waals surface area contributed by atoms with E-state index in [2.05, 4.69) is 17.1 Å². The number of phenols is 1. The van der Waals surface area contributed by atoms with Crippen molar-refractivity contribution in [2.24, 2.45) is 0 Å². The maximum Gasteiger partial charge on any atom is 0.227 e. The van der Waals surface area contributed by atoms with Crippen LogP contribution < -0.4 is 0 Å². The smallest absolute Gasteiger partial charge is 0.227 e. The molecule has 2 aliphatic rings. The molecule has 3 rings (SSSR count). The average Bonchev–Trinajstić information content (AvgIpc) is 3.08. The highest BCUT2D eigenvalue weighted by atomic mass is 16.3. The molecule has 0 bridgehead atoms. The van der Waals surface area contributed by atoms with Crippen LogP contribution in [0.25, 0.3) is 0 Å². The quantitative estimate of drug-likeness (QED) is 0.869. The van der Waals surface area contributed by atoms with Crippen LogP contribution >= 0.6 is 0 Å². The third-order valence-electron chi connectivity index (χ3n) is 5.17. The molecule has 1 amide bonds. The molecule has 1 heterocycles. The monoisotopic (exact) mass is 314 g/mol. The van der Waals surface area contributed by atoms with Crippen molar-refractivity contribution in [3.8, 4) is 5.75 Å². The molecule has 2 unspecified atom stereocenters. The lowest BCUT2D eigenvalue weighted by molar-refractivity contribution is -0.133. The minimum absolute atomic E-state index is 0.139. The largest absolute Gasteiger partial charge is 0.508 e. The second-order valence-electron chi connectivity index (χ2n) is 6.70. The highest BCUT2D eigenvalue weighted by Gasteiger charge is 2.34. The number of aromatic hydroxyl groups is 1. The summed E-state index contributed by atoms with van der Waals surface area (Å²) in [5, 5.41) is 9.56. The van der Waals surface area contributed by atoms with Crippen molar-refractivity contribution in [1.82, 2.24) is 9.80 Å². The van der Waals surface area contributed by atoms with Gasteiger partial charge >= 0.3 is 0 Å². The predicted molar refractivity (Wildman–Crippen MR) is 91.3 cm³/mol. The van der Waals surface area contributed by atoms with E-state index in [4.69, 9.17) is 0 Å². The molecule has 1 aromatic rings. The first-order valence-electron chi connectivity index (χ1n) is 8.58. The lowest BCUT2D eigenvalue weighted by Crippen LogP contribution is -2.53. The van der Waals surface area contributed by atoms with Crippen LogP contribution in [0.2, 0.25) is 0 Å². The molecule has 0 spiro atoms. The van der Waals surface area contributed by atoms with E-state index in [1.807, 2.05) is 18.0 Å². The van der Waals surface area contributed by atoms with Gasteiger partial charge in [0.1, 0.15) is 5.75 Å². The summed E-state index contributed by atoms with van der Waals surface area (Å²) in [4.78, 5) is 17.1. The van der Waals surface area contributed by atoms with E-state index < -0.39 is 0 Å². The van der Waals surface area contributed by atoms with Gasteiger partial charge in [-0.3, -0.25) is 9.69 Å². The fourth-order valence-electron chi connectivity index (χ4n) is 3.89. The summed E-state index contributed by atoms with van der Waals surface area (Å²) in [6.45, 7) is 2.02. The molecular formula is C19H26N2O2. The Labute approximate surface area is 138 Å². The molecule has 2 atom stereocenters. The molecule has 1 aromatic carbocycles. The maximum absolute atomic E-state index is 12.7. The first-order valence-corrected chi connectivity index (χ1v) is 8.58. The van der Waals surface area contributed by atoms with Crippen molar-refractivity contribution >= 4 is 5.91 Å². The summed E-state index contributed by atoms with van der Waals surface area (Å²) < 4.78 is 0. The number of nitrogens with zero attached hydrogens (tertiary/aromatic N) is 2. The van der Waals surface area contributed by atoms with Crippen molar-refractivity contribution < 1.29 is 9.90 Å². The summed E-state index contributed by atoms with van der Waals surface area (Å²) >= 11 is 0. The van der Waals surface area contributed by atoms with Gasteiger partial charge in [0, 0.05) is 32.2 Å². The van der Waals surface area contributed by atoms with Gasteiger partial charge in [-0.25, -0.2) is 0 Å². The van der Waals surface area contributed by atoms with Gasteiger partial charge in [-0.2, -0.15) is 0 Å². The molecule has 4 nitrogen and oxygen atoms in total. The van der Waals surface area contributed by atoms with Crippen molar-refractivity contribution in [3.63, 3.8) is 0 Å². The topological polar surface area (TPSA) is 43.8 Å². The Kier molecular flexibility index (Phi) is 5.01. The zero-order valence-electron chi connectivity index (χ0n) is 13.8. The summed E-state index contributed by atoms with van der Waals surface area (Å²) in [5.41, 5.74) is 0.872. The third-order valence-corrected chi connectivity index (χ3v) is 5.17. The van der Waals surface area contributed by atoms with E-state index in [1.54, 1.807) is 18.2 Å². The van der Waals surface area contributed by atoms with E-state index in [9.17, 15) is 9.90 Å². The average molecular weight is 314 g/mol. The van der Waals surface area contributed by atoms with Crippen molar-refractivity contribution in [2.45, 2.75) is 44.2 Å². The molecule has 23 heavy (non-hydrogen) atoms. The summed E-state index contributed by atoms with van der Waals surface area (Å²) in [5.74, 6) is 0.358. The summed E-state index contributed by atoms with van der Waals surface area (Å²) in [6.07, 6.45) is 9.52. The van der Waals surface area contributed by atoms with E-state index in [-0.39, 0.29) is 11.7 Å². The van der Waals surface area contributed by atoms with Gasteiger partial charge in [0.2, 0.25) is 5.91 Å². The van der Waals surface area contributed by atoms with Crippen molar-refractivity contribution in [2.75, 3.05) is 20.1 Å². The molecule has 4 heteroatoms. The molecule has 1 fully saturated rings. The van der Waals surface area contributed by atoms with Crippen LogP contribution in [0.1, 0.15) is 31.2 Å². The van der Waals surface area contributed by atoms with Gasteiger partial charge in [0.25, 0.3) is 0 Å². The number of phenolic OH excluding ortho intramolecular Hbond substituents is 1. The minimum Gasteiger partial charge on any atom is -0.508 e. The van der Waals surface area contributed by atoms with Gasteiger partial charge in [-0.1, -0.05) is 37.1 Å². The summed E-state index contributed by atoms with van der Waals surface area (Å²) in [6, 6.07) is 7.76. The van der Waals surface area contributed by atoms with E-state index in [1.165, 1.54) is 19.3 Å². The standard InChI is InChI=1S/C19H26N2O2/c1-20(19(23)14-15-7-6-8-16(22)13-15)17-9-2-3-10-18(17)21-11-4-5-12-21/h4-8,13,17-18,22H,2-3,9-12,14H2,1H3. The van der Waals surface area contributed by atoms with Gasteiger partial charge in [-0.05, 0) is 30.5 Å². The van der Waals surface area contributed by atoms with Crippen LogP contribution in [0.4, 0.5) is 0 Å². The molecule has 1 aliphatic heterocycles. The third kappa shape index (κ3) is 3.75. The number of carbonyl (C=O) groups excluding carboxylic acids is 1. The normalized spacial score (nSPS) is 24.7. The van der Waals surface area contributed by atoms with Crippen molar-refractivity contribution in [3.05, 3.63) is 42.0 Å². The van der Waals surface area contributed by atoms with Crippen LogP contribution in [0.5, 0.6) is 5.75 Å². The van der Waals surface area contributed by atoms with Crippen LogP contribution in [0.3, 0.4) is 0 Å². The number of hydrogen-bond acceptors (Lipinski definition) is 3. The highest BCUT2D eigenvalue weighted by molar-refractivity contribution is 5.79. The van der Waals surface area contributed by atoms with Gasteiger partial charge in [0.15, 0.2) is 0 Å². The van der Waals surface area contributed by atoms with Gasteiger partial charge < -0.3 is 10.0 Å². The number of likely N-dealkylation sites (N-methyl/N-ethyl adjacent to an activating group) is 1. The van der Waals surface area contributed by atoms with Crippen LogP contribution in [-0.2, 0) is 11.2 Å². The van der Waals surface area contributed by atoms with E-state index >= 15 is 0 Å². The Balaban J connectivity index is 1.66. The Bertz CT molecular complexity index is 576. The van der Waals surface area contributed by atoms with Crippen molar-refractivity contribution in [1.29, 1.82) is 0 Å². The van der Waals surface area contributed by atoms with Crippen LogP contribution in [0.15, 0.2) is 36.4 Å². The van der Waals surface area contributed by atoms with E-state index in [0.29, 0.717) is 18.5 Å². The lowest BCUT2D eigenvalue weighted by Gasteiger charge is -2.42. The second kappa shape index (κ2) is 7.18. The first-order chi connectivity index (χ1) is 11.1. The fraction of sp³-hybridized carbons (Fsp3) is 0.526.